The van der Waals surface area contributed by atoms with Crippen molar-refractivity contribution in [1.29, 1.82) is 5.26 Å². The smallest absolute Gasteiger partial charge is 0.340 e. The number of esters is 1. The number of nitrogens with zero attached hydrogens (tertiary/aromatic N) is 1. The molecule has 2 aliphatic heterocycles. The zero-order valence-corrected chi connectivity index (χ0v) is 13.8. The molecule has 0 bridgehead atoms. The first-order valence-corrected chi connectivity index (χ1v) is 8.16. The summed E-state index contributed by atoms with van der Waals surface area (Å²) in [5, 5.41) is 28.9. The van der Waals surface area contributed by atoms with Gasteiger partial charge in [-0.25, -0.2) is 4.79 Å². The van der Waals surface area contributed by atoms with Crippen molar-refractivity contribution in [2.45, 2.75) is 5.60 Å². The Kier molecular flexibility index (Phi) is 2.84. The van der Waals surface area contributed by atoms with E-state index >= 15 is 0 Å². The highest BCUT2D eigenvalue weighted by Crippen LogP contribution is 2.56. The van der Waals surface area contributed by atoms with E-state index in [1.54, 1.807) is 24.3 Å². The Hall–Kier alpha value is -3.98. The van der Waals surface area contributed by atoms with E-state index in [9.17, 15) is 15.0 Å². The molecule has 0 atom stereocenters. The minimum absolute atomic E-state index is 0.00289. The number of rotatable bonds is 0. The Labute approximate surface area is 153 Å². The van der Waals surface area contributed by atoms with Crippen molar-refractivity contribution in [3.63, 3.8) is 0 Å². The maximum Gasteiger partial charge on any atom is 0.340 e. The van der Waals surface area contributed by atoms with Crippen molar-refractivity contribution < 1.29 is 24.5 Å². The number of benzene rings is 3. The highest BCUT2D eigenvalue weighted by atomic mass is 16.6. The van der Waals surface area contributed by atoms with Crippen molar-refractivity contribution in [1.82, 2.24) is 0 Å². The zero-order valence-electron chi connectivity index (χ0n) is 13.8. The molecule has 3 aromatic carbocycles. The molecule has 2 heterocycles. The Morgan fingerprint density at radius 1 is 0.852 bits per heavy atom. The predicted octanol–water partition coefficient (Wildman–Crippen LogP) is 3.54. The molecule has 0 aliphatic carbocycles. The molecule has 1 spiro atoms. The van der Waals surface area contributed by atoms with Crippen molar-refractivity contribution in [3.8, 4) is 29.1 Å². The molecule has 6 heteroatoms. The molecule has 0 saturated heterocycles. The van der Waals surface area contributed by atoms with Crippen LogP contribution in [0, 0.1) is 11.3 Å². The van der Waals surface area contributed by atoms with Gasteiger partial charge in [0.2, 0.25) is 0 Å². The van der Waals surface area contributed by atoms with E-state index in [0.29, 0.717) is 39.3 Å². The van der Waals surface area contributed by atoms with Gasteiger partial charge in [-0.1, -0.05) is 6.07 Å². The number of phenolic OH excluding ortho intramolecular Hbond substituents is 2. The summed E-state index contributed by atoms with van der Waals surface area (Å²) in [6, 6.07) is 16.0. The quantitative estimate of drug-likeness (QED) is 0.597. The van der Waals surface area contributed by atoms with Crippen LogP contribution in [-0.2, 0) is 10.3 Å². The van der Waals surface area contributed by atoms with Gasteiger partial charge in [-0.15, -0.1) is 0 Å². The Balaban J connectivity index is 1.89. The van der Waals surface area contributed by atoms with Crippen LogP contribution >= 0.6 is 0 Å². The lowest BCUT2D eigenvalue weighted by molar-refractivity contribution is 0.0224. The minimum Gasteiger partial charge on any atom is -0.508 e. The average Bonchev–Trinajstić information content (AvgIpc) is 2.94. The first-order valence-electron chi connectivity index (χ1n) is 8.16. The second kappa shape index (κ2) is 5.02. The first-order chi connectivity index (χ1) is 13.0. The molecular weight excluding hydrogens is 346 g/mol. The second-order valence-corrected chi connectivity index (χ2v) is 6.41. The number of phenols is 2. The number of hydrogen-bond acceptors (Lipinski definition) is 6. The average molecular weight is 357 g/mol. The Morgan fingerprint density at radius 3 is 2.04 bits per heavy atom. The topological polar surface area (TPSA) is 99.8 Å². The summed E-state index contributed by atoms with van der Waals surface area (Å²) >= 11 is 0. The molecule has 2 aliphatic rings. The molecular formula is C21H11NO5. The van der Waals surface area contributed by atoms with Crippen LogP contribution in [-0.4, -0.2) is 16.2 Å². The van der Waals surface area contributed by atoms with Crippen LogP contribution in [0.25, 0.3) is 0 Å². The van der Waals surface area contributed by atoms with Crippen LogP contribution < -0.4 is 4.74 Å². The third-order valence-corrected chi connectivity index (χ3v) is 4.90. The lowest BCUT2D eigenvalue weighted by Gasteiger charge is -2.36. The van der Waals surface area contributed by atoms with Crippen LogP contribution in [0.4, 0.5) is 0 Å². The summed E-state index contributed by atoms with van der Waals surface area (Å²) in [4.78, 5) is 12.7. The van der Waals surface area contributed by atoms with Crippen LogP contribution in [0.3, 0.4) is 0 Å². The van der Waals surface area contributed by atoms with E-state index in [-0.39, 0.29) is 11.5 Å². The van der Waals surface area contributed by atoms with E-state index in [4.69, 9.17) is 14.7 Å². The maximum atomic E-state index is 12.7. The Morgan fingerprint density at radius 2 is 1.44 bits per heavy atom. The lowest BCUT2D eigenvalue weighted by Crippen LogP contribution is -2.32. The third-order valence-electron chi connectivity index (χ3n) is 4.90. The van der Waals surface area contributed by atoms with Crippen LogP contribution in [0.2, 0.25) is 0 Å². The standard InChI is InChI=1S/C21H11NO5/c22-10-11-1-4-15-14(7-11)20(25)27-21(15)16-5-2-12(23)8-18(16)26-19-9-13(24)3-6-17(19)21/h1-9,23-24H. The molecule has 5 rings (SSSR count). The fourth-order valence-corrected chi connectivity index (χ4v) is 3.77. The third kappa shape index (κ3) is 1.91. The molecule has 0 unspecified atom stereocenters. The SMILES string of the molecule is N#Cc1ccc2c(c1)C(=O)OC21c2ccc(O)cc2Oc2cc(O)ccc21. The van der Waals surface area contributed by atoms with Crippen molar-refractivity contribution in [2.75, 3.05) is 0 Å². The van der Waals surface area contributed by atoms with Gasteiger partial charge in [0.1, 0.15) is 23.0 Å². The van der Waals surface area contributed by atoms with E-state index in [2.05, 4.69) is 0 Å². The molecule has 130 valence electrons. The van der Waals surface area contributed by atoms with E-state index in [0.717, 1.165) is 0 Å². The van der Waals surface area contributed by atoms with Gasteiger partial charge in [0, 0.05) is 28.8 Å². The number of ether oxygens (including phenoxy) is 2. The fourth-order valence-electron chi connectivity index (χ4n) is 3.77. The molecule has 0 amide bonds. The summed E-state index contributed by atoms with van der Waals surface area (Å²) in [6.07, 6.45) is 0. The van der Waals surface area contributed by atoms with Gasteiger partial charge in [-0.2, -0.15) is 5.26 Å². The summed E-state index contributed by atoms with van der Waals surface area (Å²) in [6.45, 7) is 0. The fraction of sp³-hybridized carbons (Fsp3) is 0.0476. The van der Waals surface area contributed by atoms with Crippen molar-refractivity contribution in [3.05, 3.63) is 82.4 Å². The molecule has 27 heavy (non-hydrogen) atoms. The van der Waals surface area contributed by atoms with Gasteiger partial charge in [-0.3, -0.25) is 0 Å². The van der Waals surface area contributed by atoms with Crippen LogP contribution in [0.5, 0.6) is 23.0 Å². The van der Waals surface area contributed by atoms with Crippen LogP contribution in [0.1, 0.15) is 32.6 Å². The van der Waals surface area contributed by atoms with Gasteiger partial charge in [0.25, 0.3) is 0 Å². The Bertz CT molecular complexity index is 1140. The number of carbonyl (C=O) groups excluding carboxylic acids is 1. The van der Waals surface area contributed by atoms with E-state index in [1.165, 1.54) is 30.3 Å². The van der Waals surface area contributed by atoms with E-state index in [1.807, 2.05) is 6.07 Å². The highest BCUT2D eigenvalue weighted by molar-refractivity contribution is 5.97. The molecule has 0 fully saturated rings. The predicted molar refractivity (Wildman–Crippen MR) is 92.7 cm³/mol. The zero-order chi connectivity index (χ0) is 18.8. The van der Waals surface area contributed by atoms with Gasteiger partial charge >= 0.3 is 5.97 Å². The van der Waals surface area contributed by atoms with Gasteiger partial charge in [-0.05, 0) is 36.4 Å². The number of nitriles is 1. The number of carbonyl (C=O) groups is 1. The lowest BCUT2D eigenvalue weighted by atomic mass is 9.77. The van der Waals surface area contributed by atoms with E-state index < -0.39 is 11.6 Å². The molecule has 0 aromatic heterocycles. The maximum absolute atomic E-state index is 12.7. The first kappa shape index (κ1) is 15.3. The van der Waals surface area contributed by atoms with Gasteiger partial charge in [0.15, 0.2) is 5.60 Å². The summed E-state index contributed by atoms with van der Waals surface area (Å²) in [5.41, 5.74) is 1.05. The highest BCUT2D eigenvalue weighted by Gasteiger charge is 2.53. The molecule has 0 radical (unpaired) electrons. The number of aromatic hydroxyl groups is 2. The summed E-state index contributed by atoms with van der Waals surface area (Å²) < 4.78 is 11.8. The van der Waals surface area contributed by atoms with Crippen molar-refractivity contribution in [2.24, 2.45) is 0 Å². The second-order valence-electron chi connectivity index (χ2n) is 6.41. The molecule has 0 saturated carbocycles. The number of hydrogen-bond donors (Lipinski definition) is 2. The monoisotopic (exact) mass is 357 g/mol. The van der Waals surface area contributed by atoms with Crippen molar-refractivity contribution >= 4 is 5.97 Å². The summed E-state index contributed by atoms with van der Waals surface area (Å²) in [7, 11) is 0. The minimum atomic E-state index is -1.29. The molecule has 6 nitrogen and oxygen atoms in total. The van der Waals surface area contributed by atoms with Gasteiger partial charge < -0.3 is 19.7 Å². The summed E-state index contributed by atoms with van der Waals surface area (Å²) in [5.74, 6) is 0.0760. The molecule has 2 N–H and O–H groups in total. The van der Waals surface area contributed by atoms with Crippen LogP contribution in [0.15, 0.2) is 54.6 Å². The largest absolute Gasteiger partial charge is 0.508 e. The van der Waals surface area contributed by atoms with Gasteiger partial charge in [0.05, 0.1) is 17.2 Å². The number of fused-ring (bicyclic) bond motifs is 6. The normalized spacial score (nSPS) is 15.1. The molecule has 3 aromatic rings.